The number of nitrogens with one attached hydrogen (secondary N) is 1. The Morgan fingerprint density at radius 2 is 1.81 bits per heavy atom. The molecule has 0 saturated carbocycles. The van der Waals surface area contributed by atoms with E-state index in [1.54, 1.807) is 49.4 Å². The smallest absolute Gasteiger partial charge is 0.261 e. The summed E-state index contributed by atoms with van der Waals surface area (Å²) in [5.74, 6) is 0.460. The number of anilines is 1. The first-order valence-electron chi connectivity index (χ1n) is 9.26. The SMILES string of the molecule is Cc1ccc(S(=O)(=O)Nc2cccc(C(=O)N3CCC[C@@H](C)C3)c2C)cc1. The summed E-state index contributed by atoms with van der Waals surface area (Å²) >= 11 is 0. The molecule has 6 heteroatoms. The van der Waals surface area contributed by atoms with Crippen molar-refractivity contribution in [2.45, 2.75) is 38.5 Å². The number of amides is 1. The fraction of sp³-hybridized carbons (Fsp3) is 0.381. The second-order valence-corrected chi connectivity index (χ2v) is 9.08. The van der Waals surface area contributed by atoms with Crippen LogP contribution in [-0.2, 0) is 10.0 Å². The van der Waals surface area contributed by atoms with Gasteiger partial charge in [-0.2, -0.15) is 0 Å². The Labute approximate surface area is 161 Å². The van der Waals surface area contributed by atoms with E-state index in [1.807, 2.05) is 11.8 Å². The van der Waals surface area contributed by atoms with Gasteiger partial charge in [-0.1, -0.05) is 30.7 Å². The van der Waals surface area contributed by atoms with E-state index in [4.69, 9.17) is 0 Å². The highest BCUT2D eigenvalue weighted by Gasteiger charge is 2.24. The molecule has 1 aliphatic rings. The Balaban J connectivity index is 1.86. The van der Waals surface area contributed by atoms with Crippen LogP contribution < -0.4 is 4.72 Å². The Kier molecular flexibility index (Phi) is 5.56. The average molecular weight is 387 g/mol. The topological polar surface area (TPSA) is 66.5 Å². The van der Waals surface area contributed by atoms with Gasteiger partial charge in [-0.05, 0) is 62.4 Å². The van der Waals surface area contributed by atoms with Gasteiger partial charge >= 0.3 is 0 Å². The normalized spacial score (nSPS) is 17.6. The van der Waals surface area contributed by atoms with Crippen LogP contribution >= 0.6 is 0 Å². The van der Waals surface area contributed by atoms with Crippen LogP contribution in [0.1, 0.15) is 41.3 Å². The van der Waals surface area contributed by atoms with Gasteiger partial charge in [0.15, 0.2) is 0 Å². The van der Waals surface area contributed by atoms with E-state index >= 15 is 0 Å². The number of rotatable bonds is 4. The molecule has 0 radical (unpaired) electrons. The lowest BCUT2D eigenvalue weighted by Gasteiger charge is -2.31. The highest BCUT2D eigenvalue weighted by Crippen LogP contribution is 2.25. The van der Waals surface area contributed by atoms with Crippen molar-refractivity contribution in [3.05, 3.63) is 59.2 Å². The number of nitrogens with zero attached hydrogens (tertiary/aromatic N) is 1. The number of carbonyl (C=O) groups excluding carboxylic acids is 1. The summed E-state index contributed by atoms with van der Waals surface area (Å²) < 4.78 is 28.0. The van der Waals surface area contributed by atoms with E-state index in [1.165, 1.54) is 0 Å². The Morgan fingerprint density at radius 1 is 1.11 bits per heavy atom. The van der Waals surface area contributed by atoms with Crippen molar-refractivity contribution in [2.75, 3.05) is 17.8 Å². The summed E-state index contributed by atoms with van der Waals surface area (Å²) in [6.45, 7) is 7.34. The Hall–Kier alpha value is -2.34. The number of hydrogen-bond acceptors (Lipinski definition) is 3. The van der Waals surface area contributed by atoms with Gasteiger partial charge in [0.25, 0.3) is 15.9 Å². The van der Waals surface area contributed by atoms with Crippen molar-refractivity contribution >= 4 is 21.6 Å². The van der Waals surface area contributed by atoms with Gasteiger partial charge in [-0.15, -0.1) is 0 Å². The molecule has 5 nitrogen and oxygen atoms in total. The summed E-state index contributed by atoms with van der Waals surface area (Å²) in [5.41, 5.74) is 2.63. The lowest BCUT2D eigenvalue weighted by Crippen LogP contribution is -2.39. The molecule has 27 heavy (non-hydrogen) atoms. The third-order valence-electron chi connectivity index (χ3n) is 5.08. The molecule has 1 amide bonds. The van der Waals surface area contributed by atoms with Crippen LogP contribution in [0.5, 0.6) is 0 Å². The molecule has 0 spiro atoms. The molecular weight excluding hydrogens is 360 g/mol. The molecule has 3 rings (SSSR count). The number of carbonyl (C=O) groups is 1. The van der Waals surface area contributed by atoms with Crippen LogP contribution in [-0.4, -0.2) is 32.3 Å². The summed E-state index contributed by atoms with van der Waals surface area (Å²) in [6, 6.07) is 11.9. The third kappa shape index (κ3) is 4.33. The molecule has 1 heterocycles. The van der Waals surface area contributed by atoms with Gasteiger partial charge in [0.2, 0.25) is 0 Å². The molecule has 1 aliphatic heterocycles. The summed E-state index contributed by atoms with van der Waals surface area (Å²) in [5, 5.41) is 0. The molecule has 1 fully saturated rings. The summed E-state index contributed by atoms with van der Waals surface area (Å²) in [6.07, 6.45) is 2.14. The fourth-order valence-corrected chi connectivity index (χ4v) is 4.57. The zero-order valence-electron chi connectivity index (χ0n) is 16.0. The molecule has 2 aromatic rings. The Bertz CT molecular complexity index is 936. The predicted octanol–water partition coefficient (Wildman–Crippen LogP) is 3.98. The second kappa shape index (κ2) is 7.72. The van der Waals surface area contributed by atoms with Crippen LogP contribution in [0.25, 0.3) is 0 Å². The van der Waals surface area contributed by atoms with Crippen molar-refractivity contribution < 1.29 is 13.2 Å². The number of hydrogen-bond donors (Lipinski definition) is 1. The molecule has 1 saturated heterocycles. The monoisotopic (exact) mass is 386 g/mol. The van der Waals surface area contributed by atoms with Gasteiger partial charge < -0.3 is 4.90 Å². The van der Waals surface area contributed by atoms with Crippen molar-refractivity contribution in [3.8, 4) is 0 Å². The quantitative estimate of drug-likeness (QED) is 0.864. The van der Waals surface area contributed by atoms with Crippen LogP contribution in [0.3, 0.4) is 0 Å². The van der Waals surface area contributed by atoms with Crippen molar-refractivity contribution in [1.29, 1.82) is 0 Å². The standard InChI is InChI=1S/C21H26N2O3S/c1-15-9-11-18(12-10-15)27(25,26)22-20-8-4-7-19(17(20)3)21(24)23-13-5-6-16(2)14-23/h4,7-12,16,22H,5-6,13-14H2,1-3H3/t16-/m1/s1. The molecule has 1 N–H and O–H groups in total. The van der Waals surface area contributed by atoms with E-state index in [0.29, 0.717) is 22.7 Å². The zero-order chi connectivity index (χ0) is 19.6. The summed E-state index contributed by atoms with van der Waals surface area (Å²) in [4.78, 5) is 15.0. The van der Waals surface area contributed by atoms with Crippen LogP contribution in [0.15, 0.2) is 47.4 Å². The molecule has 0 aliphatic carbocycles. The maximum atomic E-state index is 12.9. The highest BCUT2D eigenvalue weighted by molar-refractivity contribution is 7.92. The van der Waals surface area contributed by atoms with E-state index in [2.05, 4.69) is 11.6 Å². The molecule has 0 bridgehead atoms. The van der Waals surface area contributed by atoms with Crippen LogP contribution in [0.2, 0.25) is 0 Å². The maximum Gasteiger partial charge on any atom is 0.261 e. The first kappa shape index (κ1) is 19.4. The molecule has 144 valence electrons. The fourth-order valence-electron chi connectivity index (χ4n) is 3.44. The predicted molar refractivity (Wildman–Crippen MR) is 107 cm³/mol. The van der Waals surface area contributed by atoms with E-state index < -0.39 is 10.0 Å². The van der Waals surface area contributed by atoms with E-state index in [9.17, 15) is 13.2 Å². The summed E-state index contributed by atoms with van der Waals surface area (Å²) in [7, 11) is -3.70. The van der Waals surface area contributed by atoms with Gasteiger partial charge in [0.05, 0.1) is 10.6 Å². The van der Waals surface area contributed by atoms with Crippen molar-refractivity contribution in [2.24, 2.45) is 5.92 Å². The average Bonchev–Trinajstić information content (AvgIpc) is 2.63. The minimum absolute atomic E-state index is 0.0320. The molecule has 2 aromatic carbocycles. The molecular formula is C21H26N2O3S. The maximum absolute atomic E-state index is 12.9. The number of piperidine rings is 1. The lowest BCUT2D eigenvalue weighted by atomic mass is 9.98. The second-order valence-electron chi connectivity index (χ2n) is 7.40. The van der Waals surface area contributed by atoms with Gasteiger partial charge in [0.1, 0.15) is 0 Å². The first-order valence-corrected chi connectivity index (χ1v) is 10.7. The number of aryl methyl sites for hydroxylation is 1. The van der Waals surface area contributed by atoms with E-state index in [0.717, 1.165) is 31.5 Å². The van der Waals surface area contributed by atoms with Crippen molar-refractivity contribution in [1.82, 2.24) is 4.90 Å². The zero-order valence-corrected chi connectivity index (χ0v) is 16.8. The molecule has 0 aromatic heterocycles. The van der Waals surface area contributed by atoms with Crippen LogP contribution in [0, 0.1) is 19.8 Å². The molecule has 1 atom stereocenters. The van der Waals surface area contributed by atoms with Crippen LogP contribution in [0.4, 0.5) is 5.69 Å². The third-order valence-corrected chi connectivity index (χ3v) is 6.47. The Morgan fingerprint density at radius 3 is 2.48 bits per heavy atom. The highest BCUT2D eigenvalue weighted by atomic mass is 32.2. The first-order chi connectivity index (χ1) is 12.8. The van der Waals surface area contributed by atoms with E-state index in [-0.39, 0.29) is 10.8 Å². The van der Waals surface area contributed by atoms with Crippen molar-refractivity contribution in [3.63, 3.8) is 0 Å². The number of likely N-dealkylation sites (tertiary alicyclic amines) is 1. The minimum atomic E-state index is -3.70. The minimum Gasteiger partial charge on any atom is -0.338 e. The number of sulfonamides is 1. The molecule has 0 unspecified atom stereocenters. The van der Waals surface area contributed by atoms with Gasteiger partial charge in [-0.3, -0.25) is 9.52 Å². The van der Waals surface area contributed by atoms with Gasteiger partial charge in [0, 0.05) is 18.7 Å². The lowest BCUT2D eigenvalue weighted by molar-refractivity contribution is 0.0682. The largest absolute Gasteiger partial charge is 0.338 e. The number of benzene rings is 2. The van der Waals surface area contributed by atoms with Gasteiger partial charge in [-0.25, -0.2) is 8.42 Å².